The minimum Gasteiger partial charge on any atom is -0.493 e. The number of benzene rings is 3. The van der Waals surface area contributed by atoms with Crippen molar-refractivity contribution in [3.8, 4) is 34.3 Å². The molecule has 206 valence electrons. The van der Waals surface area contributed by atoms with E-state index in [0.29, 0.717) is 21.6 Å². The van der Waals surface area contributed by atoms with Gasteiger partial charge in [-0.2, -0.15) is 5.10 Å². The SMILES string of the molecule is COc1cc(C=NNC(=O)CSc2nnc(-c3ccc(Cl)cc3)n2-c2ccc(C)cc2)cc(OC)c1OC(C)=O. The zero-order valence-corrected chi connectivity index (χ0v) is 23.7. The van der Waals surface area contributed by atoms with E-state index in [2.05, 4.69) is 20.7 Å². The Morgan fingerprint density at radius 3 is 2.27 bits per heavy atom. The average Bonchev–Trinajstić information content (AvgIpc) is 3.36. The largest absolute Gasteiger partial charge is 0.493 e. The molecule has 0 saturated heterocycles. The van der Waals surface area contributed by atoms with Gasteiger partial charge in [0.05, 0.1) is 26.2 Å². The molecule has 0 radical (unpaired) electrons. The summed E-state index contributed by atoms with van der Waals surface area (Å²) in [6.07, 6.45) is 1.43. The Labute approximate surface area is 240 Å². The average molecular weight is 580 g/mol. The van der Waals surface area contributed by atoms with Gasteiger partial charge in [0.1, 0.15) is 0 Å². The highest BCUT2D eigenvalue weighted by atomic mass is 35.5. The summed E-state index contributed by atoms with van der Waals surface area (Å²) in [5, 5.41) is 13.9. The van der Waals surface area contributed by atoms with E-state index in [9.17, 15) is 9.59 Å². The Kier molecular flexibility index (Phi) is 9.41. The molecule has 0 aliphatic heterocycles. The van der Waals surface area contributed by atoms with Gasteiger partial charge in [-0.05, 0) is 55.5 Å². The summed E-state index contributed by atoms with van der Waals surface area (Å²) in [4.78, 5) is 24.0. The van der Waals surface area contributed by atoms with Crippen molar-refractivity contribution in [1.82, 2.24) is 20.2 Å². The number of aromatic nitrogens is 3. The molecule has 12 heteroatoms. The topological polar surface area (TPSA) is 117 Å². The van der Waals surface area contributed by atoms with Crippen molar-refractivity contribution in [2.24, 2.45) is 5.10 Å². The highest BCUT2D eigenvalue weighted by molar-refractivity contribution is 7.99. The Morgan fingerprint density at radius 1 is 1.02 bits per heavy atom. The Morgan fingerprint density at radius 2 is 1.68 bits per heavy atom. The van der Waals surface area contributed by atoms with E-state index in [4.69, 9.17) is 25.8 Å². The third kappa shape index (κ3) is 6.99. The van der Waals surface area contributed by atoms with Gasteiger partial charge in [-0.15, -0.1) is 10.2 Å². The van der Waals surface area contributed by atoms with Crippen molar-refractivity contribution >= 4 is 41.5 Å². The molecule has 1 aromatic heterocycles. The van der Waals surface area contributed by atoms with Crippen LogP contribution in [0.4, 0.5) is 0 Å². The van der Waals surface area contributed by atoms with Crippen molar-refractivity contribution in [2.45, 2.75) is 19.0 Å². The lowest BCUT2D eigenvalue weighted by Crippen LogP contribution is -2.20. The standard InChI is InChI=1S/C28H26ClN5O5S/c1-17-5-11-22(12-6-17)34-27(20-7-9-21(29)10-8-20)32-33-28(34)40-16-25(36)31-30-15-19-13-23(37-3)26(39-18(2)35)24(14-19)38-4/h5-15H,16H2,1-4H3,(H,31,36). The lowest BCUT2D eigenvalue weighted by atomic mass is 10.2. The normalized spacial score (nSPS) is 10.9. The second-order valence-corrected chi connectivity index (χ2v) is 9.79. The highest BCUT2D eigenvalue weighted by Crippen LogP contribution is 2.38. The molecule has 0 saturated carbocycles. The lowest BCUT2D eigenvalue weighted by molar-refractivity contribution is -0.132. The van der Waals surface area contributed by atoms with Gasteiger partial charge in [-0.3, -0.25) is 14.2 Å². The van der Waals surface area contributed by atoms with E-state index >= 15 is 0 Å². The molecule has 1 N–H and O–H groups in total. The molecule has 0 unspecified atom stereocenters. The van der Waals surface area contributed by atoms with Gasteiger partial charge in [-0.1, -0.05) is 41.1 Å². The summed E-state index contributed by atoms with van der Waals surface area (Å²) in [5.74, 6) is 0.534. The van der Waals surface area contributed by atoms with E-state index in [1.165, 1.54) is 39.1 Å². The van der Waals surface area contributed by atoms with Crippen LogP contribution in [0.15, 0.2) is 70.9 Å². The van der Waals surface area contributed by atoms with Crippen LogP contribution in [0.25, 0.3) is 17.1 Å². The zero-order valence-electron chi connectivity index (χ0n) is 22.2. The minimum atomic E-state index is -0.513. The van der Waals surface area contributed by atoms with Crippen molar-refractivity contribution < 1.29 is 23.8 Å². The summed E-state index contributed by atoms with van der Waals surface area (Å²) < 4.78 is 17.7. The van der Waals surface area contributed by atoms with Crippen LogP contribution in [0.1, 0.15) is 18.1 Å². The predicted molar refractivity (Wildman–Crippen MR) is 154 cm³/mol. The molecule has 1 amide bonds. The first-order chi connectivity index (χ1) is 19.3. The van der Waals surface area contributed by atoms with Crippen molar-refractivity contribution in [2.75, 3.05) is 20.0 Å². The number of thioether (sulfide) groups is 1. The van der Waals surface area contributed by atoms with E-state index in [0.717, 1.165) is 16.8 Å². The third-order valence-corrected chi connectivity index (χ3v) is 6.67. The highest BCUT2D eigenvalue weighted by Gasteiger charge is 2.18. The number of amides is 1. The van der Waals surface area contributed by atoms with Crippen LogP contribution in [0.2, 0.25) is 5.02 Å². The molecule has 4 aromatic rings. The van der Waals surface area contributed by atoms with Crippen molar-refractivity contribution in [1.29, 1.82) is 0 Å². The molecule has 0 fully saturated rings. The molecule has 0 atom stereocenters. The molecule has 40 heavy (non-hydrogen) atoms. The second kappa shape index (κ2) is 13.1. The van der Waals surface area contributed by atoms with Crippen LogP contribution < -0.4 is 19.6 Å². The maximum Gasteiger partial charge on any atom is 0.308 e. The number of carbonyl (C=O) groups excluding carboxylic acids is 2. The summed E-state index contributed by atoms with van der Waals surface area (Å²) in [5.41, 5.74) is 5.88. The maximum atomic E-state index is 12.6. The zero-order chi connectivity index (χ0) is 28.6. The first-order valence-corrected chi connectivity index (χ1v) is 13.3. The summed E-state index contributed by atoms with van der Waals surface area (Å²) >= 11 is 7.29. The summed E-state index contributed by atoms with van der Waals surface area (Å²) in [6.45, 7) is 3.29. The first-order valence-electron chi connectivity index (χ1n) is 12.0. The first kappa shape index (κ1) is 28.7. The molecule has 0 spiro atoms. The summed E-state index contributed by atoms with van der Waals surface area (Å²) in [7, 11) is 2.88. The van der Waals surface area contributed by atoms with Crippen molar-refractivity contribution in [3.63, 3.8) is 0 Å². The van der Waals surface area contributed by atoms with Gasteiger partial charge < -0.3 is 14.2 Å². The molecule has 0 bridgehead atoms. The third-order valence-electron chi connectivity index (χ3n) is 5.49. The van der Waals surface area contributed by atoms with Crippen LogP contribution >= 0.6 is 23.4 Å². The number of esters is 1. The molecule has 0 aliphatic rings. The van der Waals surface area contributed by atoms with E-state index < -0.39 is 5.97 Å². The van der Waals surface area contributed by atoms with Crippen LogP contribution in [-0.4, -0.2) is 52.8 Å². The van der Waals surface area contributed by atoms with Crippen LogP contribution in [0, 0.1) is 6.92 Å². The number of aryl methyl sites for hydroxylation is 1. The summed E-state index contributed by atoms with van der Waals surface area (Å²) in [6, 6.07) is 18.5. The molecule has 4 rings (SSSR count). The molecular formula is C28H26ClN5O5S. The Hall–Kier alpha value is -4.35. The van der Waals surface area contributed by atoms with Gasteiger partial charge in [-0.25, -0.2) is 5.43 Å². The number of halogens is 1. The number of nitrogens with zero attached hydrogens (tertiary/aromatic N) is 4. The predicted octanol–water partition coefficient (Wildman–Crippen LogP) is 5.08. The minimum absolute atomic E-state index is 0.0417. The van der Waals surface area contributed by atoms with Gasteiger partial charge in [0, 0.05) is 28.8 Å². The Bertz CT molecular complexity index is 1510. The number of carbonyl (C=O) groups is 2. The fourth-order valence-electron chi connectivity index (χ4n) is 3.64. The monoisotopic (exact) mass is 579 g/mol. The van der Waals surface area contributed by atoms with E-state index in [1.807, 2.05) is 47.9 Å². The quantitative estimate of drug-likeness (QED) is 0.0908. The number of nitrogens with one attached hydrogen (secondary N) is 1. The molecule has 3 aromatic carbocycles. The lowest BCUT2D eigenvalue weighted by Gasteiger charge is -2.13. The van der Waals surface area contributed by atoms with Crippen LogP contribution in [0.5, 0.6) is 17.2 Å². The number of methoxy groups -OCH3 is 2. The number of ether oxygens (including phenoxy) is 3. The second-order valence-electron chi connectivity index (χ2n) is 8.41. The van der Waals surface area contributed by atoms with Gasteiger partial charge in [0.25, 0.3) is 5.91 Å². The van der Waals surface area contributed by atoms with E-state index in [1.54, 1.807) is 24.3 Å². The number of rotatable bonds is 10. The maximum absolute atomic E-state index is 12.6. The van der Waals surface area contributed by atoms with Crippen molar-refractivity contribution in [3.05, 3.63) is 76.8 Å². The number of hydrogen-bond donors (Lipinski definition) is 1. The molecule has 0 aliphatic carbocycles. The molecule has 10 nitrogen and oxygen atoms in total. The van der Waals surface area contributed by atoms with Gasteiger partial charge >= 0.3 is 5.97 Å². The van der Waals surface area contributed by atoms with Gasteiger partial charge in [0.15, 0.2) is 22.5 Å². The smallest absolute Gasteiger partial charge is 0.308 e. The fraction of sp³-hybridized carbons (Fsp3) is 0.179. The number of hydrazone groups is 1. The van der Waals surface area contributed by atoms with Gasteiger partial charge in [0.2, 0.25) is 5.75 Å². The van der Waals surface area contributed by atoms with Crippen LogP contribution in [0.3, 0.4) is 0 Å². The van der Waals surface area contributed by atoms with Crippen LogP contribution in [-0.2, 0) is 9.59 Å². The molecule has 1 heterocycles. The molecular weight excluding hydrogens is 554 g/mol. The Balaban J connectivity index is 1.48. The fourth-order valence-corrected chi connectivity index (χ4v) is 4.51. The number of hydrogen-bond acceptors (Lipinski definition) is 9. The van der Waals surface area contributed by atoms with E-state index in [-0.39, 0.29) is 28.9 Å².